The third-order valence-corrected chi connectivity index (χ3v) is 2.11. The molecule has 0 aliphatic carbocycles. The Bertz CT molecular complexity index is 395. The van der Waals surface area contributed by atoms with Crippen LogP contribution in [-0.4, -0.2) is 29.9 Å². The Hall–Kier alpha value is -1.28. The van der Waals surface area contributed by atoms with Crippen LogP contribution in [0.5, 0.6) is 5.75 Å². The Balaban J connectivity index is 2.57. The molecule has 18 heavy (non-hydrogen) atoms. The number of hydrogen-bond acceptors (Lipinski definition) is 3. The van der Waals surface area contributed by atoms with E-state index < -0.39 is 25.5 Å². The van der Waals surface area contributed by atoms with Crippen LogP contribution in [0.3, 0.4) is 0 Å². The molecule has 0 radical (unpaired) electrons. The number of benzene rings is 1. The first-order valence-corrected chi connectivity index (χ1v) is 5.15. The van der Waals surface area contributed by atoms with Crippen molar-refractivity contribution in [2.45, 2.75) is 19.0 Å². The van der Waals surface area contributed by atoms with Crippen LogP contribution in [0.1, 0.15) is 12.8 Å². The summed E-state index contributed by atoms with van der Waals surface area (Å²) in [6.45, 7) is -0.245. The highest BCUT2D eigenvalue weighted by atomic mass is 19.4. The van der Waals surface area contributed by atoms with E-state index in [1.54, 1.807) is 0 Å². The summed E-state index contributed by atoms with van der Waals surface area (Å²) < 4.78 is 53.4. The van der Waals surface area contributed by atoms with Crippen LogP contribution < -0.4 is 10.2 Å². The summed E-state index contributed by atoms with van der Waals surface area (Å²) in [4.78, 5) is 0. The molecule has 0 fully saturated rings. The molecule has 1 aromatic carbocycles. The molecule has 0 atom stereocenters. The zero-order valence-electron chi connectivity index (χ0n) is 9.25. The van der Waals surface area contributed by atoms with E-state index in [-0.39, 0.29) is 24.2 Å². The highest BCUT2D eigenvalue weighted by molar-refractivity contribution is 6.59. The SMILES string of the molecule is OB(O)c1cc(F)ccc1OCCCC(F)(F)F. The van der Waals surface area contributed by atoms with Crippen molar-refractivity contribution >= 4 is 12.6 Å². The van der Waals surface area contributed by atoms with Crippen LogP contribution in [0.25, 0.3) is 0 Å². The summed E-state index contributed by atoms with van der Waals surface area (Å²) in [5.74, 6) is -0.741. The highest BCUT2D eigenvalue weighted by Crippen LogP contribution is 2.21. The van der Waals surface area contributed by atoms with Crippen LogP contribution in [0.2, 0.25) is 0 Å². The molecule has 1 aromatic rings. The second kappa shape index (κ2) is 6.06. The first-order chi connectivity index (χ1) is 8.29. The number of alkyl halides is 3. The number of rotatable bonds is 5. The van der Waals surface area contributed by atoms with Gasteiger partial charge in [-0.15, -0.1) is 0 Å². The summed E-state index contributed by atoms with van der Waals surface area (Å²) in [5.41, 5.74) is -0.220. The summed E-state index contributed by atoms with van der Waals surface area (Å²) in [6, 6.07) is 3.01. The molecule has 0 saturated heterocycles. The molecule has 0 amide bonds. The van der Waals surface area contributed by atoms with Gasteiger partial charge in [-0.1, -0.05) is 0 Å². The first-order valence-electron chi connectivity index (χ1n) is 5.15. The van der Waals surface area contributed by atoms with Gasteiger partial charge in [0.05, 0.1) is 6.61 Å². The van der Waals surface area contributed by atoms with E-state index in [2.05, 4.69) is 0 Å². The monoisotopic (exact) mass is 266 g/mol. The van der Waals surface area contributed by atoms with Crippen molar-refractivity contribution in [3.05, 3.63) is 24.0 Å². The highest BCUT2D eigenvalue weighted by Gasteiger charge is 2.26. The third kappa shape index (κ3) is 4.93. The molecule has 0 unspecified atom stereocenters. The summed E-state index contributed by atoms with van der Waals surface area (Å²) in [7, 11) is -1.95. The Morgan fingerprint density at radius 2 is 1.89 bits per heavy atom. The lowest BCUT2D eigenvalue weighted by atomic mass is 9.79. The zero-order chi connectivity index (χ0) is 13.8. The number of ether oxygens (including phenoxy) is 1. The van der Waals surface area contributed by atoms with Crippen molar-refractivity contribution in [1.29, 1.82) is 0 Å². The maximum absolute atomic E-state index is 12.8. The molecule has 8 heteroatoms. The predicted molar refractivity (Wildman–Crippen MR) is 57.0 cm³/mol. The normalized spacial score (nSPS) is 11.4. The molecular formula is C10H11BF4O3. The van der Waals surface area contributed by atoms with Crippen LogP contribution >= 0.6 is 0 Å². The second-order valence-corrected chi connectivity index (χ2v) is 3.62. The van der Waals surface area contributed by atoms with Gasteiger partial charge in [-0.05, 0) is 24.6 Å². The minimum Gasteiger partial charge on any atom is -0.494 e. The fourth-order valence-electron chi connectivity index (χ4n) is 1.31. The van der Waals surface area contributed by atoms with Gasteiger partial charge in [0.2, 0.25) is 0 Å². The summed E-state index contributed by atoms with van der Waals surface area (Å²) in [5, 5.41) is 17.9. The largest absolute Gasteiger partial charge is 0.494 e. The van der Waals surface area contributed by atoms with Crippen molar-refractivity contribution in [3.8, 4) is 5.75 Å². The average Bonchev–Trinajstić information content (AvgIpc) is 2.24. The molecule has 0 aromatic heterocycles. The number of hydrogen-bond donors (Lipinski definition) is 2. The fourth-order valence-corrected chi connectivity index (χ4v) is 1.31. The standard InChI is InChI=1S/C10H11BF4O3/c12-7-2-3-9(8(6-7)11(16)17)18-5-1-4-10(13,14)15/h2-3,6,16-17H,1,4-5H2. The van der Waals surface area contributed by atoms with E-state index in [4.69, 9.17) is 14.8 Å². The first kappa shape index (κ1) is 14.8. The number of halogens is 4. The van der Waals surface area contributed by atoms with Crippen molar-refractivity contribution < 1.29 is 32.3 Å². The van der Waals surface area contributed by atoms with E-state index in [1.165, 1.54) is 0 Å². The lowest BCUT2D eigenvalue weighted by Crippen LogP contribution is -2.32. The quantitative estimate of drug-likeness (QED) is 0.478. The Kier molecular flexibility index (Phi) is 4.98. The topological polar surface area (TPSA) is 49.7 Å². The maximum atomic E-state index is 12.8. The van der Waals surface area contributed by atoms with Gasteiger partial charge in [0, 0.05) is 11.9 Å². The van der Waals surface area contributed by atoms with Gasteiger partial charge in [-0.2, -0.15) is 13.2 Å². The Labute approximate surface area is 101 Å². The molecule has 0 aliphatic rings. The molecule has 0 spiro atoms. The van der Waals surface area contributed by atoms with Gasteiger partial charge in [0.25, 0.3) is 0 Å². The van der Waals surface area contributed by atoms with Gasteiger partial charge in [0.15, 0.2) is 0 Å². The van der Waals surface area contributed by atoms with Crippen molar-refractivity contribution in [3.63, 3.8) is 0 Å². The predicted octanol–water partition coefficient (Wildman–Crippen LogP) is 1.23. The molecule has 0 bridgehead atoms. The van der Waals surface area contributed by atoms with Crippen molar-refractivity contribution in [2.24, 2.45) is 0 Å². The van der Waals surface area contributed by atoms with Gasteiger partial charge in [-0.25, -0.2) is 4.39 Å². The van der Waals surface area contributed by atoms with Crippen LogP contribution in [0.15, 0.2) is 18.2 Å². The average molecular weight is 266 g/mol. The second-order valence-electron chi connectivity index (χ2n) is 3.62. The molecule has 0 heterocycles. The summed E-state index contributed by atoms with van der Waals surface area (Å²) in [6.07, 6.45) is -5.52. The van der Waals surface area contributed by atoms with E-state index >= 15 is 0 Å². The smallest absolute Gasteiger partial charge is 0.492 e. The van der Waals surface area contributed by atoms with Crippen molar-refractivity contribution in [1.82, 2.24) is 0 Å². The minimum absolute atomic E-state index is 0.0476. The van der Waals surface area contributed by atoms with Crippen molar-refractivity contribution in [2.75, 3.05) is 6.61 Å². The van der Waals surface area contributed by atoms with Crippen LogP contribution in [-0.2, 0) is 0 Å². The van der Waals surface area contributed by atoms with Crippen LogP contribution in [0, 0.1) is 5.82 Å². The molecular weight excluding hydrogens is 255 g/mol. The van der Waals surface area contributed by atoms with E-state index in [0.29, 0.717) is 0 Å². The lowest BCUT2D eigenvalue weighted by molar-refractivity contribution is -0.136. The zero-order valence-corrected chi connectivity index (χ0v) is 9.25. The van der Waals surface area contributed by atoms with E-state index in [9.17, 15) is 17.6 Å². The fraction of sp³-hybridized carbons (Fsp3) is 0.400. The minimum atomic E-state index is -4.26. The Morgan fingerprint density at radius 1 is 1.22 bits per heavy atom. The third-order valence-electron chi connectivity index (χ3n) is 2.11. The van der Waals surface area contributed by atoms with Gasteiger partial charge in [0.1, 0.15) is 11.6 Å². The molecule has 1 rings (SSSR count). The Morgan fingerprint density at radius 3 is 2.44 bits per heavy atom. The van der Waals surface area contributed by atoms with E-state index in [0.717, 1.165) is 18.2 Å². The van der Waals surface area contributed by atoms with Crippen LogP contribution in [0.4, 0.5) is 17.6 Å². The van der Waals surface area contributed by atoms with Gasteiger partial charge >= 0.3 is 13.3 Å². The molecule has 0 aliphatic heterocycles. The maximum Gasteiger partial charge on any atom is 0.492 e. The lowest BCUT2D eigenvalue weighted by Gasteiger charge is -2.11. The molecule has 100 valence electrons. The molecule has 2 N–H and O–H groups in total. The molecule has 3 nitrogen and oxygen atoms in total. The van der Waals surface area contributed by atoms with Gasteiger partial charge in [-0.3, -0.25) is 0 Å². The van der Waals surface area contributed by atoms with Gasteiger partial charge < -0.3 is 14.8 Å². The molecule has 0 saturated carbocycles. The summed E-state index contributed by atoms with van der Waals surface area (Å²) >= 11 is 0. The van der Waals surface area contributed by atoms with E-state index in [1.807, 2.05) is 0 Å².